The third kappa shape index (κ3) is 3.22. The van der Waals surface area contributed by atoms with E-state index in [9.17, 15) is 10.1 Å². The van der Waals surface area contributed by atoms with E-state index in [1.165, 1.54) is 19.2 Å². The van der Waals surface area contributed by atoms with Crippen LogP contribution in [0.25, 0.3) is 0 Å². The molecule has 8 heteroatoms. The molecule has 0 aliphatic rings. The lowest BCUT2D eigenvalue weighted by Crippen LogP contribution is -2.13. The Morgan fingerprint density at radius 1 is 1.50 bits per heavy atom. The molecule has 0 saturated heterocycles. The zero-order valence-electron chi connectivity index (χ0n) is 11.2. The lowest BCUT2D eigenvalue weighted by atomic mass is 10.4. The van der Waals surface area contributed by atoms with Crippen molar-refractivity contribution >= 4 is 11.5 Å². The van der Waals surface area contributed by atoms with Gasteiger partial charge in [0.15, 0.2) is 0 Å². The molecule has 8 nitrogen and oxygen atoms in total. The summed E-state index contributed by atoms with van der Waals surface area (Å²) in [5.41, 5.74) is 0.984. The molecule has 0 atom stereocenters. The number of aryl methyl sites for hydroxylation is 1. The molecule has 0 aromatic carbocycles. The molecule has 0 bridgehead atoms. The molecule has 20 heavy (non-hydrogen) atoms. The second-order valence-corrected chi connectivity index (χ2v) is 4.19. The maximum Gasteiger partial charge on any atom is 0.311 e. The number of aromatic nitrogens is 3. The topological polar surface area (TPSA) is 95.1 Å². The van der Waals surface area contributed by atoms with Crippen LogP contribution in [0.3, 0.4) is 0 Å². The number of rotatable bonds is 6. The summed E-state index contributed by atoms with van der Waals surface area (Å²) in [6.07, 6.45) is 3.65. The van der Waals surface area contributed by atoms with Crippen molar-refractivity contribution < 1.29 is 9.66 Å². The number of nitrogens with zero attached hydrogens (tertiary/aromatic N) is 4. The minimum Gasteiger partial charge on any atom is -0.481 e. The minimum absolute atomic E-state index is 0.0811. The van der Waals surface area contributed by atoms with Gasteiger partial charge in [-0.25, -0.2) is 0 Å². The predicted molar refractivity (Wildman–Crippen MR) is 72.9 cm³/mol. The first-order valence-electron chi connectivity index (χ1n) is 6.02. The van der Waals surface area contributed by atoms with E-state index in [1.807, 2.05) is 13.1 Å². The van der Waals surface area contributed by atoms with E-state index < -0.39 is 4.92 Å². The van der Waals surface area contributed by atoms with Gasteiger partial charge in [0.2, 0.25) is 11.7 Å². The first-order valence-corrected chi connectivity index (χ1v) is 6.02. The molecule has 2 heterocycles. The summed E-state index contributed by atoms with van der Waals surface area (Å²) in [5.74, 6) is 0.520. The van der Waals surface area contributed by atoms with Crippen LogP contribution in [0.2, 0.25) is 0 Å². The van der Waals surface area contributed by atoms with Gasteiger partial charge in [-0.3, -0.25) is 14.8 Å². The summed E-state index contributed by atoms with van der Waals surface area (Å²) in [4.78, 5) is 14.5. The average molecular weight is 277 g/mol. The van der Waals surface area contributed by atoms with Gasteiger partial charge in [0, 0.05) is 24.9 Å². The molecule has 2 aromatic rings. The fourth-order valence-electron chi connectivity index (χ4n) is 1.70. The monoisotopic (exact) mass is 277 g/mol. The Morgan fingerprint density at radius 2 is 2.30 bits per heavy atom. The highest BCUT2D eigenvalue weighted by Crippen LogP contribution is 2.24. The van der Waals surface area contributed by atoms with Crippen molar-refractivity contribution in [2.75, 3.05) is 19.0 Å². The first-order chi connectivity index (χ1) is 9.60. The van der Waals surface area contributed by atoms with Crippen molar-refractivity contribution in [2.24, 2.45) is 0 Å². The van der Waals surface area contributed by atoms with Crippen LogP contribution in [0, 0.1) is 17.0 Å². The van der Waals surface area contributed by atoms with Crippen molar-refractivity contribution in [1.29, 1.82) is 0 Å². The number of hydrogen-bond donors (Lipinski definition) is 1. The van der Waals surface area contributed by atoms with Gasteiger partial charge in [0.05, 0.1) is 24.8 Å². The van der Waals surface area contributed by atoms with Crippen molar-refractivity contribution in [3.63, 3.8) is 0 Å². The maximum absolute atomic E-state index is 10.9. The second-order valence-electron chi connectivity index (χ2n) is 4.19. The molecule has 1 N–H and O–H groups in total. The number of anilines is 1. The Hall–Kier alpha value is -2.64. The lowest BCUT2D eigenvalue weighted by molar-refractivity contribution is -0.384. The second kappa shape index (κ2) is 6.00. The number of hydrogen-bond acceptors (Lipinski definition) is 6. The summed E-state index contributed by atoms with van der Waals surface area (Å²) in [5, 5.41) is 18.0. The highest BCUT2D eigenvalue weighted by molar-refractivity contribution is 5.56. The molecule has 0 amide bonds. The van der Waals surface area contributed by atoms with E-state index in [1.54, 1.807) is 10.9 Å². The Kier molecular flexibility index (Phi) is 4.14. The van der Waals surface area contributed by atoms with Crippen LogP contribution in [0.15, 0.2) is 24.5 Å². The largest absolute Gasteiger partial charge is 0.481 e. The predicted octanol–water partition coefficient (Wildman–Crippen LogP) is 1.62. The van der Waals surface area contributed by atoms with Gasteiger partial charge in [-0.15, -0.1) is 0 Å². The molecule has 2 rings (SSSR count). The zero-order valence-corrected chi connectivity index (χ0v) is 11.2. The fraction of sp³-hybridized carbons (Fsp3) is 0.333. The SMILES string of the molecule is COc1ccc([N+](=O)[O-])c(NCCn2cc(C)cn2)n1. The van der Waals surface area contributed by atoms with Gasteiger partial charge in [-0.1, -0.05) is 0 Å². The molecule has 0 unspecified atom stereocenters. The summed E-state index contributed by atoms with van der Waals surface area (Å²) in [7, 11) is 1.46. The first kappa shape index (κ1) is 13.8. The molecule has 0 radical (unpaired) electrons. The third-order valence-electron chi connectivity index (χ3n) is 2.65. The highest BCUT2D eigenvalue weighted by Gasteiger charge is 2.15. The zero-order chi connectivity index (χ0) is 14.5. The van der Waals surface area contributed by atoms with E-state index in [4.69, 9.17) is 4.74 Å². The highest BCUT2D eigenvalue weighted by atomic mass is 16.6. The molecule has 106 valence electrons. The van der Waals surface area contributed by atoms with Crippen LogP contribution >= 0.6 is 0 Å². The van der Waals surface area contributed by atoms with E-state index in [2.05, 4.69) is 15.4 Å². The Labute approximate surface area is 115 Å². The number of pyridine rings is 1. The van der Waals surface area contributed by atoms with Gasteiger partial charge < -0.3 is 10.1 Å². The average Bonchev–Trinajstić information content (AvgIpc) is 2.84. The van der Waals surface area contributed by atoms with E-state index in [0.717, 1.165) is 5.56 Å². The van der Waals surface area contributed by atoms with Crippen molar-refractivity contribution in [3.05, 3.63) is 40.2 Å². The Bertz CT molecular complexity index is 611. The quantitative estimate of drug-likeness (QED) is 0.636. The summed E-state index contributed by atoms with van der Waals surface area (Å²) in [6.45, 7) is 3.01. The molecular formula is C12H15N5O3. The van der Waals surface area contributed by atoms with E-state index >= 15 is 0 Å². The Morgan fingerprint density at radius 3 is 2.90 bits per heavy atom. The molecule has 0 fully saturated rings. The number of nitrogens with one attached hydrogen (secondary N) is 1. The van der Waals surface area contributed by atoms with E-state index in [0.29, 0.717) is 19.0 Å². The normalized spacial score (nSPS) is 10.3. The van der Waals surface area contributed by atoms with Crippen molar-refractivity contribution in [2.45, 2.75) is 13.5 Å². The smallest absolute Gasteiger partial charge is 0.311 e. The van der Waals surface area contributed by atoms with Crippen molar-refractivity contribution in [1.82, 2.24) is 14.8 Å². The van der Waals surface area contributed by atoms with Crippen LogP contribution in [-0.2, 0) is 6.54 Å². The van der Waals surface area contributed by atoms with Crippen LogP contribution in [0.1, 0.15) is 5.56 Å². The summed E-state index contributed by atoms with van der Waals surface area (Å²) >= 11 is 0. The van der Waals surface area contributed by atoms with Gasteiger partial charge in [0.1, 0.15) is 0 Å². The molecule has 0 saturated carbocycles. The van der Waals surface area contributed by atoms with Gasteiger partial charge >= 0.3 is 5.69 Å². The lowest BCUT2D eigenvalue weighted by Gasteiger charge is -2.07. The van der Waals surface area contributed by atoms with Crippen LogP contribution < -0.4 is 10.1 Å². The summed E-state index contributed by atoms with van der Waals surface area (Å²) in [6, 6.07) is 2.83. The number of ether oxygens (including phenoxy) is 1. The molecular weight excluding hydrogens is 262 g/mol. The Balaban J connectivity index is 2.05. The van der Waals surface area contributed by atoms with Gasteiger partial charge in [-0.2, -0.15) is 10.1 Å². The number of methoxy groups -OCH3 is 1. The number of nitro groups is 1. The molecule has 2 aromatic heterocycles. The molecule has 0 aliphatic carbocycles. The fourth-order valence-corrected chi connectivity index (χ4v) is 1.70. The van der Waals surface area contributed by atoms with Crippen LogP contribution in [0.5, 0.6) is 5.88 Å². The van der Waals surface area contributed by atoms with Crippen LogP contribution in [0.4, 0.5) is 11.5 Å². The van der Waals surface area contributed by atoms with E-state index in [-0.39, 0.29) is 11.5 Å². The summed E-state index contributed by atoms with van der Waals surface area (Å²) < 4.78 is 6.72. The standard InChI is InChI=1S/C12H15N5O3/c1-9-7-14-16(8-9)6-5-13-12-10(17(18)19)3-4-11(15-12)20-2/h3-4,7-8H,5-6H2,1-2H3,(H,13,15). The van der Waals surface area contributed by atoms with Gasteiger partial charge in [0.25, 0.3) is 0 Å². The van der Waals surface area contributed by atoms with Crippen LogP contribution in [-0.4, -0.2) is 33.3 Å². The molecule has 0 spiro atoms. The minimum atomic E-state index is -0.479. The van der Waals surface area contributed by atoms with Gasteiger partial charge in [-0.05, 0) is 12.5 Å². The molecule has 0 aliphatic heterocycles. The third-order valence-corrected chi connectivity index (χ3v) is 2.65. The van der Waals surface area contributed by atoms with Crippen molar-refractivity contribution in [3.8, 4) is 5.88 Å². The maximum atomic E-state index is 10.9.